The van der Waals surface area contributed by atoms with E-state index in [4.69, 9.17) is 14.7 Å². The van der Waals surface area contributed by atoms with Crippen molar-refractivity contribution in [3.63, 3.8) is 0 Å². The van der Waals surface area contributed by atoms with Crippen LogP contribution in [0.4, 0.5) is 0 Å². The van der Waals surface area contributed by atoms with E-state index in [1.54, 1.807) is 0 Å². The number of hydrogen-bond donors (Lipinski definition) is 2. The van der Waals surface area contributed by atoms with E-state index in [-0.39, 0.29) is 12.6 Å². The Bertz CT molecular complexity index is 3250. The van der Waals surface area contributed by atoms with Crippen LogP contribution < -0.4 is 0 Å². The van der Waals surface area contributed by atoms with E-state index in [9.17, 15) is 4.79 Å². The zero-order chi connectivity index (χ0) is 42.4. The van der Waals surface area contributed by atoms with E-state index in [1.165, 1.54) is 0 Å². The molecule has 0 saturated heterocycles. The third kappa shape index (κ3) is 7.04. The molecule has 0 saturated carbocycles. The minimum absolute atomic E-state index is 0.251. The van der Waals surface area contributed by atoms with Crippen LogP contribution in [0.5, 0.6) is 0 Å². The molecule has 10 rings (SSSR count). The van der Waals surface area contributed by atoms with E-state index in [0.29, 0.717) is 17.7 Å². The lowest BCUT2D eigenvalue weighted by Gasteiger charge is -2.10. The maximum absolute atomic E-state index is 14.3. The standard InChI is InChI=1S/C55H44N4O2Si/c1-5-61-55(60)40-34-39(32-33-62(2,3)4)51-52(40)54-50(38-24-16-9-17-25-38)46-31-29-44(58-46)48(36-20-12-7-13-21-36)42-27-26-41(56-42)47(35-18-10-6-11-19-35)43-28-30-45(57-43)49(53(51)59-54)37-22-14-8-15-23-37/h6-31,57-58H,5,34H2,1-4H3. The van der Waals surface area contributed by atoms with Crippen LogP contribution in [0.1, 0.15) is 36.1 Å². The van der Waals surface area contributed by atoms with E-state index >= 15 is 0 Å². The van der Waals surface area contributed by atoms with Gasteiger partial charge < -0.3 is 14.7 Å². The molecule has 6 nitrogen and oxygen atoms in total. The molecular weight excluding hydrogens is 777 g/mol. The first-order valence-corrected chi connectivity index (χ1v) is 24.6. The minimum atomic E-state index is -1.86. The summed E-state index contributed by atoms with van der Waals surface area (Å²) in [4.78, 5) is 33.2. The summed E-state index contributed by atoms with van der Waals surface area (Å²) in [6.45, 7) is 8.83. The lowest BCUT2D eigenvalue weighted by molar-refractivity contribution is -0.138. The highest BCUT2D eigenvalue weighted by Crippen LogP contribution is 2.52. The molecule has 5 heterocycles. The van der Waals surface area contributed by atoms with Crippen LogP contribution in [0.2, 0.25) is 19.6 Å². The van der Waals surface area contributed by atoms with Gasteiger partial charge in [0.05, 0.1) is 35.0 Å². The summed E-state index contributed by atoms with van der Waals surface area (Å²) >= 11 is 0. The average Bonchev–Trinajstić information content (AvgIpc) is 4.15. The maximum atomic E-state index is 14.3. The second-order valence-corrected chi connectivity index (χ2v) is 21.4. The number of benzene rings is 4. The first kappa shape index (κ1) is 38.7. The molecule has 7 heteroatoms. The zero-order valence-electron chi connectivity index (χ0n) is 35.1. The molecular formula is C55H44N4O2Si. The highest BCUT2D eigenvalue weighted by atomic mass is 28.3. The second-order valence-electron chi connectivity index (χ2n) is 16.7. The molecule has 62 heavy (non-hydrogen) atoms. The van der Waals surface area contributed by atoms with Crippen LogP contribution in [0, 0.1) is 11.5 Å². The van der Waals surface area contributed by atoms with Gasteiger partial charge in [-0.15, -0.1) is 5.54 Å². The number of esters is 1. The molecule has 2 N–H and O–H groups in total. The van der Waals surface area contributed by atoms with Crippen LogP contribution in [-0.2, 0) is 9.53 Å². The third-order valence-corrected chi connectivity index (χ3v) is 12.2. The summed E-state index contributed by atoms with van der Waals surface area (Å²) in [6.07, 6.45) is 4.58. The molecule has 2 aliphatic heterocycles. The molecule has 0 atom stereocenters. The zero-order valence-corrected chi connectivity index (χ0v) is 36.1. The normalized spacial score (nSPS) is 13.2. The molecule has 0 amide bonds. The molecule has 0 unspecified atom stereocenters. The number of hydrogen-bond acceptors (Lipinski definition) is 4. The Morgan fingerprint density at radius 3 is 1.39 bits per heavy atom. The van der Waals surface area contributed by atoms with Crippen molar-refractivity contribution in [2.45, 2.75) is 33.0 Å². The number of ether oxygens (including phenoxy) is 1. The van der Waals surface area contributed by atoms with Crippen molar-refractivity contribution in [1.82, 2.24) is 19.9 Å². The van der Waals surface area contributed by atoms with Crippen molar-refractivity contribution in [2.24, 2.45) is 0 Å². The summed E-state index contributed by atoms with van der Waals surface area (Å²) in [6, 6.07) is 50.1. The number of carbonyl (C=O) groups excluding carboxylic acids is 1. The highest BCUT2D eigenvalue weighted by molar-refractivity contribution is 6.83. The fourth-order valence-electron chi connectivity index (χ4n) is 8.68. The smallest absolute Gasteiger partial charge is 0.335 e. The lowest BCUT2D eigenvalue weighted by atomic mass is 9.93. The van der Waals surface area contributed by atoms with Crippen molar-refractivity contribution >= 4 is 59.4 Å². The first-order valence-electron chi connectivity index (χ1n) is 21.1. The predicted molar refractivity (Wildman–Crippen MR) is 258 cm³/mol. The summed E-state index contributed by atoms with van der Waals surface area (Å²) in [5.41, 5.74) is 21.2. The Morgan fingerprint density at radius 1 is 0.565 bits per heavy atom. The fraction of sp³-hybridized carbons (Fsp3) is 0.109. The van der Waals surface area contributed by atoms with Crippen molar-refractivity contribution in [1.29, 1.82) is 0 Å². The first-order chi connectivity index (χ1) is 30.3. The topological polar surface area (TPSA) is 83.7 Å². The Balaban J connectivity index is 1.47. The van der Waals surface area contributed by atoms with Crippen LogP contribution in [0.25, 0.3) is 89.9 Å². The Morgan fingerprint density at radius 2 is 0.968 bits per heavy atom. The van der Waals surface area contributed by atoms with Gasteiger partial charge in [-0.25, -0.2) is 14.8 Å². The van der Waals surface area contributed by atoms with Crippen LogP contribution >= 0.6 is 0 Å². The minimum Gasteiger partial charge on any atom is -0.463 e. The number of nitrogens with one attached hydrogen (secondary N) is 2. The predicted octanol–water partition coefficient (Wildman–Crippen LogP) is 13.2. The molecule has 1 aliphatic carbocycles. The second kappa shape index (κ2) is 15.8. The largest absolute Gasteiger partial charge is 0.463 e. The van der Waals surface area contributed by atoms with Gasteiger partial charge in [0.2, 0.25) is 0 Å². The lowest BCUT2D eigenvalue weighted by Crippen LogP contribution is -2.16. The van der Waals surface area contributed by atoms with Gasteiger partial charge in [-0.3, -0.25) is 0 Å². The summed E-state index contributed by atoms with van der Waals surface area (Å²) in [5.74, 6) is 3.28. The van der Waals surface area contributed by atoms with Gasteiger partial charge >= 0.3 is 5.97 Å². The number of rotatable bonds is 6. The molecule has 3 aliphatic rings. The number of carbonyl (C=O) groups is 1. The Kier molecular flexibility index (Phi) is 9.86. The van der Waals surface area contributed by atoms with Crippen LogP contribution in [-0.4, -0.2) is 40.6 Å². The number of allylic oxidation sites excluding steroid dienone is 3. The number of aromatic amines is 2. The van der Waals surface area contributed by atoms with Crippen molar-refractivity contribution in [2.75, 3.05) is 6.61 Å². The van der Waals surface area contributed by atoms with Gasteiger partial charge in [-0.05, 0) is 65.6 Å². The summed E-state index contributed by atoms with van der Waals surface area (Å²) < 4.78 is 5.85. The maximum Gasteiger partial charge on any atom is 0.335 e. The van der Waals surface area contributed by atoms with E-state index in [0.717, 1.165) is 100 Å². The molecule has 8 bridgehead atoms. The van der Waals surface area contributed by atoms with E-state index in [1.807, 2.05) is 43.3 Å². The van der Waals surface area contributed by atoms with Gasteiger partial charge in [0, 0.05) is 67.5 Å². The van der Waals surface area contributed by atoms with Gasteiger partial charge in [0.15, 0.2) is 0 Å². The number of H-pyrrole nitrogens is 2. The Hall–Kier alpha value is -7.53. The number of aromatic nitrogens is 4. The van der Waals surface area contributed by atoms with Gasteiger partial charge in [-0.1, -0.05) is 147 Å². The van der Waals surface area contributed by atoms with Crippen molar-refractivity contribution in [3.8, 4) is 56.0 Å². The van der Waals surface area contributed by atoms with E-state index < -0.39 is 8.07 Å². The monoisotopic (exact) mass is 820 g/mol. The molecule has 0 radical (unpaired) electrons. The fourth-order valence-corrected chi connectivity index (χ4v) is 9.21. The summed E-state index contributed by atoms with van der Waals surface area (Å²) in [7, 11) is -1.86. The molecule has 3 aromatic heterocycles. The van der Waals surface area contributed by atoms with Gasteiger partial charge in [0.25, 0.3) is 0 Å². The molecule has 300 valence electrons. The van der Waals surface area contributed by atoms with Crippen molar-refractivity contribution in [3.05, 3.63) is 180 Å². The highest BCUT2D eigenvalue weighted by Gasteiger charge is 2.39. The third-order valence-electron chi connectivity index (χ3n) is 11.3. The van der Waals surface area contributed by atoms with Gasteiger partial charge in [0.1, 0.15) is 8.07 Å². The summed E-state index contributed by atoms with van der Waals surface area (Å²) in [5, 5.41) is 0. The quantitative estimate of drug-likeness (QED) is 0.0994. The number of nitrogens with zero attached hydrogens (tertiary/aromatic N) is 2. The average molecular weight is 821 g/mol. The molecule has 0 spiro atoms. The van der Waals surface area contributed by atoms with Gasteiger partial charge in [-0.2, -0.15) is 0 Å². The van der Waals surface area contributed by atoms with Crippen LogP contribution in [0.15, 0.2) is 157 Å². The van der Waals surface area contributed by atoms with E-state index in [2.05, 4.69) is 162 Å². The molecule has 4 aromatic carbocycles. The van der Waals surface area contributed by atoms with Crippen molar-refractivity contribution < 1.29 is 9.53 Å². The van der Waals surface area contributed by atoms with Crippen LogP contribution in [0.3, 0.4) is 0 Å². The molecule has 7 aromatic rings. The SMILES string of the molecule is CCOC(=O)C1=C2C(=C(C#C[Si](C)(C)C)C1)c1nc2c(-c2ccccc2)c2ccc([nH]2)c(-c2ccccc2)c2nc(c(-c3ccccc3)c3ccc([nH]3)c1-c1ccccc1)C=C2. The molecule has 0 fully saturated rings. The number of fused-ring (bicyclic) bond motifs is 11. The Labute approximate surface area is 362 Å².